The molecule has 4 nitrogen and oxygen atoms in total. The number of nitrogens with one attached hydrogen (secondary N) is 1. The molecule has 25 heavy (non-hydrogen) atoms. The smallest absolute Gasteiger partial charge is 0.223 e. The van der Waals surface area contributed by atoms with Gasteiger partial charge in [-0.3, -0.25) is 4.79 Å². The highest BCUT2D eigenvalue weighted by atomic mass is 19.1. The van der Waals surface area contributed by atoms with Crippen molar-refractivity contribution in [3.63, 3.8) is 0 Å². The Morgan fingerprint density at radius 3 is 2.28 bits per heavy atom. The molecule has 0 saturated heterocycles. The fourth-order valence-corrected chi connectivity index (χ4v) is 2.57. The van der Waals surface area contributed by atoms with Gasteiger partial charge >= 0.3 is 0 Å². The van der Waals surface area contributed by atoms with Crippen molar-refractivity contribution < 1.29 is 23.8 Å². The molecule has 0 bridgehead atoms. The van der Waals surface area contributed by atoms with Crippen LogP contribution < -0.4 is 5.32 Å². The lowest BCUT2D eigenvalue weighted by molar-refractivity contribution is -0.127. The molecule has 0 aliphatic rings. The highest BCUT2D eigenvalue weighted by Crippen LogP contribution is 2.25. The van der Waals surface area contributed by atoms with Crippen molar-refractivity contribution >= 4 is 5.91 Å². The second-order valence-corrected chi connectivity index (χ2v) is 6.49. The van der Waals surface area contributed by atoms with Crippen LogP contribution in [-0.2, 0) is 16.0 Å². The largest absolute Gasteiger partial charge is 0.385 e. The Hall–Kier alpha value is -2.31. The van der Waals surface area contributed by atoms with E-state index >= 15 is 0 Å². The van der Waals surface area contributed by atoms with Gasteiger partial charge in [-0.1, -0.05) is 36.4 Å². The van der Waals surface area contributed by atoms with Crippen molar-refractivity contribution in [2.75, 3.05) is 6.54 Å². The Labute approximate surface area is 145 Å². The maximum absolute atomic E-state index is 13.8. The van der Waals surface area contributed by atoms with E-state index in [0.717, 1.165) is 12.1 Å². The SMILES string of the molecule is CC(O)(CC(=O)NCC(C)(O)c1ccc(F)cc1F)c1ccccc1. The van der Waals surface area contributed by atoms with Crippen molar-refractivity contribution in [3.05, 3.63) is 71.3 Å². The first-order valence-electron chi connectivity index (χ1n) is 7.84. The number of amides is 1. The summed E-state index contributed by atoms with van der Waals surface area (Å²) in [5, 5.41) is 23.3. The van der Waals surface area contributed by atoms with Gasteiger partial charge in [-0.2, -0.15) is 0 Å². The molecular formula is C19H21F2NO3. The fourth-order valence-electron chi connectivity index (χ4n) is 2.57. The first kappa shape index (κ1) is 19.0. The lowest BCUT2D eigenvalue weighted by Gasteiger charge is -2.27. The molecule has 2 aromatic rings. The van der Waals surface area contributed by atoms with Crippen LogP contribution in [0.25, 0.3) is 0 Å². The summed E-state index contributed by atoms with van der Waals surface area (Å²) in [6.45, 7) is 2.55. The third-order valence-electron chi connectivity index (χ3n) is 4.04. The number of carbonyl (C=O) groups excluding carboxylic acids is 1. The van der Waals surface area contributed by atoms with Gasteiger partial charge < -0.3 is 15.5 Å². The van der Waals surface area contributed by atoms with Crippen LogP contribution in [0, 0.1) is 11.6 Å². The number of rotatable bonds is 6. The quantitative estimate of drug-likeness (QED) is 0.751. The molecule has 2 unspecified atom stereocenters. The molecule has 0 heterocycles. The van der Waals surface area contributed by atoms with Gasteiger partial charge in [0.2, 0.25) is 5.91 Å². The van der Waals surface area contributed by atoms with E-state index in [4.69, 9.17) is 0 Å². The monoisotopic (exact) mass is 349 g/mol. The van der Waals surface area contributed by atoms with Crippen molar-refractivity contribution in [2.24, 2.45) is 0 Å². The van der Waals surface area contributed by atoms with Crippen LogP contribution >= 0.6 is 0 Å². The molecular weight excluding hydrogens is 328 g/mol. The van der Waals surface area contributed by atoms with Gasteiger partial charge in [0.25, 0.3) is 0 Å². The zero-order valence-corrected chi connectivity index (χ0v) is 14.1. The van der Waals surface area contributed by atoms with E-state index in [2.05, 4.69) is 5.32 Å². The van der Waals surface area contributed by atoms with Crippen LogP contribution in [0.5, 0.6) is 0 Å². The van der Waals surface area contributed by atoms with E-state index in [9.17, 15) is 23.8 Å². The molecule has 2 atom stereocenters. The van der Waals surface area contributed by atoms with Gasteiger partial charge in [0.15, 0.2) is 0 Å². The summed E-state index contributed by atoms with van der Waals surface area (Å²) >= 11 is 0. The lowest BCUT2D eigenvalue weighted by atomic mass is 9.91. The number of halogens is 2. The number of carbonyl (C=O) groups is 1. The van der Waals surface area contributed by atoms with Crippen LogP contribution in [-0.4, -0.2) is 22.7 Å². The summed E-state index contributed by atoms with van der Waals surface area (Å²) in [4.78, 5) is 12.1. The highest BCUT2D eigenvalue weighted by Gasteiger charge is 2.30. The van der Waals surface area contributed by atoms with Crippen LogP contribution in [0.2, 0.25) is 0 Å². The normalized spacial score (nSPS) is 15.9. The first-order valence-corrected chi connectivity index (χ1v) is 7.84. The van der Waals surface area contributed by atoms with E-state index in [0.29, 0.717) is 11.6 Å². The molecule has 0 aromatic heterocycles. The van der Waals surface area contributed by atoms with Crippen LogP contribution in [0.4, 0.5) is 8.78 Å². The topological polar surface area (TPSA) is 69.6 Å². The van der Waals surface area contributed by atoms with E-state index in [1.54, 1.807) is 30.3 Å². The van der Waals surface area contributed by atoms with Gasteiger partial charge in [0.05, 0.1) is 18.6 Å². The van der Waals surface area contributed by atoms with Crippen molar-refractivity contribution in [2.45, 2.75) is 31.5 Å². The summed E-state index contributed by atoms with van der Waals surface area (Å²) in [5.74, 6) is -2.15. The van der Waals surface area contributed by atoms with E-state index in [1.807, 2.05) is 0 Å². The van der Waals surface area contributed by atoms with Gasteiger partial charge in [-0.15, -0.1) is 0 Å². The number of benzene rings is 2. The average Bonchev–Trinajstić information content (AvgIpc) is 2.53. The van der Waals surface area contributed by atoms with Gasteiger partial charge in [0, 0.05) is 11.6 Å². The van der Waals surface area contributed by atoms with Crippen LogP contribution in [0.15, 0.2) is 48.5 Å². The van der Waals surface area contributed by atoms with Crippen molar-refractivity contribution in [1.29, 1.82) is 0 Å². The minimum atomic E-state index is -1.72. The Morgan fingerprint density at radius 2 is 1.68 bits per heavy atom. The third kappa shape index (κ3) is 4.84. The molecule has 0 fully saturated rings. The molecule has 0 spiro atoms. The number of aliphatic hydroxyl groups is 2. The number of hydrogen-bond acceptors (Lipinski definition) is 3. The summed E-state index contributed by atoms with van der Waals surface area (Å²) in [5.41, 5.74) is -2.63. The van der Waals surface area contributed by atoms with Gasteiger partial charge in [0.1, 0.15) is 17.2 Å². The summed E-state index contributed by atoms with van der Waals surface area (Å²) in [6.07, 6.45) is -0.223. The molecule has 0 aliphatic carbocycles. The minimum Gasteiger partial charge on any atom is -0.385 e. The Bertz CT molecular complexity index is 746. The molecule has 6 heteroatoms. The zero-order chi connectivity index (χ0) is 18.7. The maximum atomic E-state index is 13.8. The predicted octanol–water partition coefficient (Wildman–Crippen LogP) is 2.59. The van der Waals surface area contributed by atoms with Gasteiger partial charge in [-0.05, 0) is 25.5 Å². The summed E-state index contributed by atoms with van der Waals surface area (Å²) in [6, 6.07) is 11.6. The van der Waals surface area contributed by atoms with Crippen molar-refractivity contribution in [3.8, 4) is 0 Å². The summed E-state index contributed by atoms with van der Waals surface area (Å²) < 4.78 is 26.8. The van der Waals surface area contributed by atoms with E-state index in [-0.39, 0.29) is 18.5 Å². The average molecular weight is 349 g/mol. The number of hydrogen-bond donors (Lipinski definition) is 3. The Morgan fingerprint density at radius 1 is 1.04 bits per heavy atom. The molecule has 0 saturated carbocycles. The molecule has 0 aliphatic heterocycles. The predicted molar refractivity (Wildman–Crippen MR) is 89.6 cm³/mol. The van der Waals surface area contributed by atoms with E-state index < -0.39 is 28.7 Å². The molecule has 134 valence electrons. The molecule has 3 N–H and O–H groups in total. The fraction of sp³-hybridized carbons (Fsp3) is 0.316. The van der Waals surface area contributed by atoms with Crippen molar-refractivity contribution in [1.82, 2.24) is 5.32 Å². The summed E-state index contributed by atoms with van der Waals surface area (Å²) in [7, 11) is 0. The zero-order valence-electron chi connectivity index (χ0n) is 14.1. The maximum Gasteiger partial charge on any atom is 0.223 e. The minimum absolute atomic E-state index is 0.121. The lowest BCUT2D eigenvalue weighted by Crippen LogP contribution is -2.41. The highest BCUT2D eigenvalue weighted by molar-refractivity contribution is 5.77. The van der Waals surface area contributed by atoms with Gasteiger partial charge in [-0.25, -0.2) is 8.78 Å². The Balaban J connectivity index is 2.01. The Kier molecular flexibility index (Phi) is 5.55. The molecule has 2 rings (SSSR count). The molecule has 0 radical (unpaired) electrons. The third-order valence-corrected chi connectivity index (χ3v) is 4.04. The van der Waals surface area contributed by atoms with Crippen LogP contribution in [0.3, 0.4) is 0 Å². The first-order chi connectivity index (χ1) is 11.6. The van der Waals surface area contributed by atoms with E-state index in [1.165, 1.54) is 13.8 Å². The second-order valence-electron chi connectivity index (χ2n) is 6.49. The second kappa shape index (κ2) is 7.29. The van der Waals surface area contributed by atoms with Crippen LogP contribution in [0.1, 0.15) is 31.4 Å². The molecule has 1 amide bonds. The molecule has 2 aromatic carbocycles. The standard InChI is InChI=1S/C19H21F2NO3/c1-18(24,13-6-4-3-5-7-13)11-17(23)22-12-19(2,25)15-9-8-14(20)10-16(15)21/h3-10,24-25H,11-12H2,1-2H3,(H,22,23).